The minimum Gasteiger partial charge on any atom is -0.493 e. The van der Waals surface area contributed by atoms with Crippen molar-refractivity contribution >= 4 is 44.9 Å². The van der Waals surface area contributed by atoms with Crippen LogP contribution in [-0.4, -0.2) is 36.8 Å². The number of nitrogens with zero attached hydrogens (tertiary/aromatic N) is 1. The molecule has 140 valence electrons. The van der Waals surface area contributed by atoms with Crippen LogP contribution in [0.2, 0.25) is 0 Å². The van der Waals surface area contributed by atoms with Crippen LogP contribution in [0.1, 0.15) is 11.1 Å². The summed E-state index contributed by atoms with van der Waals surface area (Å²) in [5.41, 5.74) is 1.82. The summed E-state index contributed by atoms with van der Waals surface area (Å²) < 4.78 is 11.3. The van der Waals surface area contributed by atoms with Gasteiger partial charge in [0.25, 0.3) is 11.1 Å². The van der Waals surface area contributed by atoms with Gasteiger partial charge in [0.1, 0.15) is 0 Å². The van der Waals surface area contributed by atoms with E-state index in [4.69, 9.17) is 9.47 Å². The molecule has 1 heterocycles. The van der Waals surface area contributed by atoms with E-state index in [9.17, 15) is 9.59 Å². The number of carbonyl (C=O) groups is 2. The van der Waals surface area contributed by atoms with Crippen LogP contribution in [0.15, 0.2) is 51.8 Å². The standard InChI is InChI=1S/C20H18BrNO4S/c1-25-16-10-14(15(21)12-17(16)26-2)11-18-19(23)22(20(24)27-18)9-8-13-6-4-3-5-7-13/h3-7,10-12H,8-9H2,1-2H3/b18-11-. The van der Waals surface area contributed by atoms with Crippen molar-refractivity contribution in [3.63, 3.8) is 0 Å². The molecule has 2 amide bonds. The highest BCUT2D eigenvalue weighted by Crippen LogP contribution is 2.37. The summed E-state index contributed by atoms with van der Waals surface area (Å²) in [6.45, 7) is 0.360. The first-order chi connectivity index (χ1) is 13.0. The first-order valence-corrected chi connectivity index (χ1v) is 9.85. The Morgan fingerprint density at radius 2 is 1.74 bits per heavy atom. The molecular weight excluding hydrogens is 430 g/mol. The molecule has 2 aromatic carbocycles. The quantitative estimate of drug-likeness (QED) is 0.598. The molecule has 0 spiro atoms. The molecule has 0 unspecified atom stereocenters. The zero-order chi connectivity index (χ0) is 19.4. The molecule has 7 heteroatoms. The predicted molar refractivity (Wildman–Crippen MR) is 110 cm³/mol. The van der Waals surface area contributed by atoms with Gasteiger partial charge in [0.15, 0.2) is 11.5 Å². The van der Waals surface area contributed by atoms with E-state index in [0.717, 1.165) is 27.4 Å². The normalized spacial score (nSPS) is 15.5. The van der Waals surface area contributed by atoms with Gasteiger partial charge in [0, 0.05) is 11.0 Å². The fourth-order valence-corrected chi connectivity index (χ4v) is 3.99. The van der Waals surface area contributed by atoms with E-state index in [-0.39, 0.29) is 11.1 Å². The van der Waals surface area contributed by atoms with Gasteiger partial charge in [-0.3, -0.25) is 14.5 Å². The van der Waals surface area contributed by atoms with E-state index in [1.165, 1.54) is 4.90 Å². The highest BCUT2D eigenvalue weighted by atomic mass is 79.9. The fraction of sp³-hybridized carbons (Fsp3) is 0.200. The zero-order valence-corrected chi connectivity index (χ0v) is 17.3. The van der Waals surface area contributed by atoms with E-state index in [1.807, 2.05) is 30.3 Å². The monoisotopic (exact) mass is 447 g/mol. The Morgan fingerprint density at radius 1 is 1.07 bits per heavy atom. The van der Waals surface area contributed by atoms with E-state index < -0.39 is 0 Å². The first-order valence-electron chi connectivity index (χ1n) is 8.24. The fourth-order valence-electron chi connectivity index (χ4n) is 2.70. The summed E-state index contributed by atoms with van der Waals surface area (Å²) in [6.07, 6.45) is 2.33. The Morgan fingerprint density at radius 3 is 2.41 bits per heavy atom. The van der Waals surface area contributed by atoms with E-state index in [0.29, 0.717) is 29.4 Å². The van der Waals surface area contributed by atoms with Crippen molar-refractivity contribution in [1.82, 2.24) is 4.90 Å². The summed E-state index contributed by atoms with van der Waals surface area (Å²) in [6, 6.07) is 13.3. The second kappa shape index (κ2) is 8.63. The van der Waals surface area contributed by atoms with Crippen LogP contribution in [0.4, 0.5) is 4.79 Å². The SMILES string of the molecule is COc1cc(Br)c(/C=C2\SC(=O)N(CCc3ccccc3)C2=O)cc1OC. The molecule has 5 nitrogen and oxygen atoms in total. The van der Waals surface area contributed by atoms with Gasteiger partial charge in [-0.2, -0.15) is 0 Å². The second-order valence-corrected chi connectivity index (χ2v) is 7.65. The second-order valence-electron chi connectivity index (χ2n) is 5.80. The maximum absolute atomic E-state index is 12.7. The maximum atomic E-state index is 12.7. The number of halogens is 1. The van der Waals surface area contributed by atoms with Crippen LogP contribution in [0.3, 0.4) is 0 Å². The van der Waals surface area contributed by atoms with E-state index in [1.54, 1.807) is 32.4 Å². The highest BCUT2D eigenvalue weighted by Gasteiger charge is 2.34. The van der Waals surface area contributed by atoms with E-state index >= 15 is 0 Å². The Kier molecular flexibility index (Phi) is 6.23. The average Bonchev–Trinajstić information content (AvgIpc) is 2.95. The molecule has 0 radical (unpaired) electrons. The van der Waals surface area contributed by atoms with Crippen molar-refractivity contribution in [2.24, 2.45) is 0 Å². The molecule has 1 saturated heterocycles. The summed E-state index contributed by atoms with van der Waals surface area (Å²) in [5.74, 6) is 0.857. The van der Waals surface area contributed by atoms with Gasteiger partial charge in [0.05, 0.1) is 19.1 Å². The van der Waals surface area contributed by atoms with E-state index in [2.05, 4.69) is 15.9 Å². The number of hydrogen-bond donors (Lipinski definition) is 0. The van der Waals surface area contributed by atoms with Crippen molar-refractivity contribution in [3.8, 4) is 11.5 Å². The van der Waals surface area contributed by atoms with Crippen LogP contribution < -0.4 is 9.47 Å². The summed E-state index contributed by atoms with van der Waals surface area (Å²) in [5, 5.41) is -0.251. The number of imide groups is 1. The van der Waals surface area contributed by atoms with Gasteiger partial charge < -0.3 is 9.47 Å². The lowest BCUT2D eigenvalue weighted by Gasteiger charge is -2.12. The van der Waals surface area contributed by atoms with Crippen molar-refractivity contribution < 1.29 is 19.1 Å². The van der Waals surface area contributed by atoms with Crippen molar-refractivity contribution in [2.75, 3.05) is 20.8 Å². The Labute approximate surface area is 170 Å². The minimum atomic E-state index is -0.275. The first kappa shape index (κ1) is 19.5. The van der Waals surface area contributed by atoms with Gasteiger partial charge in [-0.25, -0.2) is 0 Å². The molecule has 3 rings (SSSR count). The van der Waals surface area contributed by atoms with Crippen molar-refractivity contribution in [2.45, 2.75) is 6.42 Å². The maximum Gasteiger partial charge on any atom is 0.293 e. The minimum absolute atomic E-state index is 0.251. The third kappa shape index (κ3) is 4.36. The lowest BCUT2D eigenvalue weighted by molar-refractivity contribution is -0.122. The van der Waals surface area contributed by atoms with Crippen LogP contribution in [-0.2, 0) is 11.2 Å². The Bertz CT molecular complexity index is 898. The summed E-state index contributed by atoms with van der Waals surface area (Å²) in [7, 11) is 3.11. The summed E-state index contributed by atoms with van der Waals surface area (Å²) >= 11 is 4.42. The molecule has 0 aromatic heterocycles. The van der Waals surface area contributed by atoms with Crippen LogP contribution >= 0.6 is 27.7 Å². The number of rotatable bonds is 6. The molecule has 0 bridgehead atoms. The van der Waals surface area contributed by atoms with Crippen LogP contribution in [0.5, 0.6) is 11.5 Å². The molecule has 1 fully saturated rings. The van der Waals surface area contributed by atoms with Gasteiger partial charge in [-0.1, -0.05) is 46.3 Å². The molecule has 0 atom stereocenters. The summed E-state index contributed by atoms with van der Waals surface area (Å²) in [4.78, 5) is 26.6. The average molecular weight is 448 g/mol. The Balaban J connectivity index is 1.80. The zero-order valence-electron chi connectivity index (χ0n) is 14.9. The van der Waals surface area contributed by atoms with Crippen LogP contribution in [0.25, 0.3) is 6.08 Å². The molecule has 2 aromatic rings. The molecule has 1 aliphatic heterocycles. The number of methoxy groups -OCH3 is 2. The van der Waals surface area contributed by atoms with Gasteiger partial charge in [-0.15, -0.1) is 0 Å². The van der Waals surface area contributed by atoms with Crippen molar-refractivity contribution in [3.05, 3.63) is 63.0 Å². The molecule has 0 saturated carbocycles. The topological polar surface area (TPSA) is 55.8 Å². The molecule has 1 aliphatic rings. The smallest absolute Gasteiger partial charge is 0.293 e. The third-order valence-corrected chi connectivity index (χ3v) is 5.72. The van der Waals surface area contributed by atoms with Gasteiger partial charge in [-0.05, 0) is 47.5 Å². The number of hydrogen-bond acceptors (Lipinski definition) is 5. The van der Waals surface area contributed by atoms with Gasteiger partial charge in [0.2, 0.25) is 0 Å². The number of amides is 2. The number of ether oxygens (including phenoxy) is 2. The largest absolute Gasteiger partial charge is 0.493 e. The highest BCUT2D eigenvalue weighted by molar-refractivity contribution is 9.10. The number of benzene rings is 2. The van der Waals surface area contributed by atoms with Crippen LogP contribution in [0, 0.1) is 0 Å². The lowest BCUT2D eigenvalue weighted by atomic mass is 10.1. The van der Waals surface area contributed by atoms with Crippen molar-refractivity contribution in [1.29, 1.82) is 0 Å². The lowest BCUT2D eigenvalue weighted by Crippen LogP contribution is -2.30. The molecular formula is C20H18BrNO4S. The third-order valence-electron chi connectivity index (χ3n) is 4.13. The molecule has 0 aliphatic carbocycles. The van der Waals surface area contributed by atoms with Gasteiger partial charge >= 0.3 is 0 Å². The number of thioether (sulfide) groups is 1. The number of carbonyl (C=O) groups excluding carboxylic acids is 2. The Hall–Kier alpha value is -2.25. The molecule has 0 N–H and O–H groups in total. The predicted octanol–water partition coefficient (Wildman–Crippen LogP) is 4.75. The molecule has 27 heavy (non-hydrogen) atoms.